The van der Waals surface area contributed by atoms with Gasteiger partial charge in [0, 0.05) is 5.69 Å². The molecule has 0 atom stereocenters. The first kappa shape index (κ1) is 18.2. The zero-order valence-electron chi connectivity index (χ0n) is 13.4. The van der Waals surface area contributed by atoms with Gasteiger partial charge in [-0.2, -0.15) is 0 Å². The van der Waals surface area contributed by atoms with Gasteiger partial charge in [0.2, 0.25) is 0 Å². The lowest BCUT2D eigenvalue weighted by atomic mass is 10.2. The standard InChI is InChI=1S/C17H18Cl2N2O3/c1-11-3-6-15(16(9-11)23-2)24-8-7-20-17(22)21-12-4-5-13(18)14(19)10-12/h3-6,9-10H,7-8H2,1-2H3,(H2,20,21,22). The highest BCUT2D eigenvalue weighted by Gasteiger charge is 2.06. The summed E-state index contributed by atoms with van der Waals surface area (Å²) in [4.78, 5) is 11.8. The van der Waals surface area contributed by atoms with Gasteiger partial charge >= 0.3 is 6.03 Å². The zero-order valence-corrected chi connectivity index (χ0v) is 14.9. The van der Waals surface area contributed by atoms with Gasteiger partial charge in [-0.3, -0.25) is 0 Å². The van der Waals surface area contributed by atoms with E-state index in [2.05, 4.69) is 10.6 Å². The van der Waals surface area contributed by atoms with Crippen LogP contribution in [0.5, 0.6) is 11.5 Å². The van der Waals surface area contributed by atoms with Crippen molar-refractivity contribution in [2.45, 2.75) is 6.92 Å². The smallest absolute Gasteiger partial charge is 0.319 e. The number of benzene rings is 2. The molecule has 5 nitrogen and oxygen atoms in total. The van der Waals surface area contributed by atoms with E-state index in [-0.39, 0.29) is 6.03 Å². The first-order chi connectivity index (χ1) is 11.5. The van der Waals surface area contributed by atoms with Crippen molar-refractivity contribution in [1.29, 1.82) is 0 Å². The number of rotatable bonds is 6. The van der Waals surface area contributed by atoms with Crippen LogP contribution in [0.25, 0.3) is 0 Å². The van der Waals surface area contributed by atoms with Crippen LogP contribution in [0.2, 0.25) is 10.0 Å². The van der Waals surface area contributed by atoms with Crippen LogP contribution in [0.1, 0.15) is 5.56 Å². The molecule has 0 unspecified atom stereocenters. The van der Waals surface area contributed by atoms with Gasteiger partial charge in [-0.15, -0.1) is 0 Å². The molecule has 0 spiro atoms. The topological polar surface area (TPSA) is 59.6 Å². The Labute approximate surface area is 150 Å². The minimum atomic E-state index is -0.354. The fraction of sp³-hybridized carbons (Fsp3) is 0.235. The van der Waals surface area contributed by atoms with Crippen LogP contribution >= 0.6 is 23.2 Å². The third-order valence-electron chi connectivity index (χ3n) is 3.14. The number of ether oxygens (including phenoxy) is 2. The molecule has 0 aliphatic heterocycles. The summed E-state index contributed by atoms with van der Waals surface area (Å²) in [6, 6.07) is 10.2. The third-order valence-corrected chi connectivity index (χ3v) is 3.88. The van der Waals surface area contributed by atoms with Gasteiger partial charge in [0.05, 0.1) is 23.7 Å². The highest BCUT2D eigenvalue weighted by atomic mass is 35.5. The van der Waals surface area contributed by atoms with E-state index in [9.17, 15) is 4.79 Å². The zero-order chi connectivity index (χ0) is 17.5. The first-order valence-corrected chi connectivity index (χ1v) is 8.02. The Bertz CT molecular complexity index is 723. The van der Waals surface area contributed by atoms with Crippen LogP contribution in [-0.2, 0) is 0 Å². The van der Waals surface area contributed by atoms with Gasteiger partial charge in [-0.1, -0.05) is 29.3 Å². The van der Waals surface area contributed by atoms with Crippen molar-refractivity contribution in [1.82, 2.24) is 5.32 Å². The lowest BCUT2D eigenvalue weighted by Gasteiger charge is -2.12. The fourth-order valence-corrected chi connectivity index (χ4v) is 2.27. The van der Waals surface area contributed by atoms with E-state index in [1.807, 2.05) is 25.1 Å². The molecule has 0 aliphatic carbocycles. The average molecular weight is 369 g/mol. The maximum Gasteiger partial charge on any atom is 0.319 e. The number of carbonyl (C=O) groups is 1. The van der Waals surface area contributed by atoms with E-state index in [0.717, 1.165) is 5.56 Å². The molecule has 2 N–H and O–H groups in total. The van der Waals surface area contributed by atoms with Crippen molar-refractivity contribution in [3.63, 3.8) is 0 Å². The number of anilines is 1. The van der Waals surface area contributed by atoms with Crippen LogP contribution in [0, 0.1) is 6.92 Å². The second-order valence-corrected chi connectivity index (χ2v) is 5.83. The molecule has 0 heterocycles. The van der Waals surface area contributed by atoms with Gasteiger partial charge in [0.25, 0.3) is 0 Å². The van der Waals surface area contributed by atoms with Crippen molar-refractivity contribution >= 4 is 34.9 Å². The van der Waals surface area contributed by atoms with Crippen molar-refractivity contribution in [3.05, 3.63) is 52.0 Å². The highest BCUT2D eigenvalue weighted by Crippen LogP contribution is 2.27. The normalized spacial score (nSPS) is 10.2. The number of aryl methyl sites for hydroxylation is 1. The minimum Gasteiger partial charge on any atom is -0.493 e. The molecular weight excluding hydrogens is 351 g/mol. The van der Waals surface area contributed by atoms with Gasteiger partial charge in [0.15, 0.2) is 11.5 Å². The molecule has 0 saturated carbocycles. The summed E-state index contributed by atoms with van der Waals surface area (Å²) in [5.74, 6) is 1.30. The Morgan fingerprint density at radius 3 is 2.58 bits per heavy atom. The Hall–Kier alpha value is -2.11. The molecular formula is C17H18Cl2N2O3. The third kappa shape index (κ3) is 5.22. The summed E-state index contributed by atoms with van der Waals surface area (Å²) in [6.07, 6.45) is 0. The first-order valence-electron chi connectivity index (χ1n) is 7.27. The number of methoxy groups -OCH3 is 1. The summed E-state index contributed by atoms with van der Waals surface area (Å²) >= 11 is 11.7. The molecule has 0 bridgehead atoms. The summed E-state index contributed by atoms with van der Waals surface area (Å²) in [5.41, 5.74) is 1.64. The average Bonchev–Trinajstić information content (AvgIpc) is 2.56. The minimum absolute atomic E-state index is 0.314. The van der Waals surface area contributed by atoms with Crippen LogP contribution < -0.4 is 20.1 Å². The second-order valence-electron chi connectivity index (χ2n) is 5.01. The monoisotopic (exact) mass is 368 g/mol. The summed E-state index contributed by atoms with van der Waals surface area (Å²) in [5, 5.41) is 6.17. The van der Waals surface area contributed by atoms with Gasteiger partial charge in [0.1, 0.15) is 6.61 Å². The van der Waals surface area contributed by atoms with Crippen molar-refractivity contribution < 1.29 is 14.3 Å². The lowest BCUT2D eigenvalue weighted by molar-refractivity contribution is 0.246. The molecule has 128 valence electrons. The van der Waals surface area contributed by atoms with Crippen molar-refractivity contribution in [2.75, 3.05) is 25.6 Å². The van der Waals surface area contributed by atoms with Crippen molar-refractivity contribution in [3.8, 4) is 11.5 Å². The van der Waals surface area contributed by atoms with Crippen LogP contribution in [0.3, 0.4) is 0 Å². The van der Waals surface area contributed by atoms with E-state index < -0.39 is 0 Å². The molecule has 7 heteroatoms. The number of hydrogen-bond donors (Lipinski definition) is 2. The molecule has 2 rings (SSSR count). The molecule has 0 saturated heterocycles. The molecule has 24 heavy (non-hydrogen) atoms. The largest absolute Gasteiger partial charge is 0.493 e. The van der Waals surface area contributed by atoms with Crippen molar-refractivity contribution in [2.24, 2.45) is 0 Å². The SMILES string of the molecule is COc1cc(C)ccc1OCCNC(=O)Nc1ccc(Cl)c(Cl)c1. The fourth-order valence-electron chi connectivity index (χ4n) is 1.97. The summed E-state index contributed by atoms with van der Waals surface area (Å²) in [6.45, 7) is 2.62. The van der Waals surface area contributed by atoms with E-state index in [1.165, 1.54) is 0 Å². The number of halogens is 2. The van der Waals surface area contributed by atoms with E-state index in [1.54, 1.807) is 25.3 Å². The quantitative estimate of drug-likeness (QED) is 0.737. The number of amides is 2. The predicted octanol–water partition coefficient (Wildman–Crippen LogP) is 4.51. The summed E-state index contributed by atoms with van der Waals surface area (Å²) < 4.78 is 10.9. The summed E-state index contributed by atoms with van der Waals surface area (Å²) in [7, 11) is 1.59. The molecule has 2 aromatic rings. The maximum absolute atomic E-state index is 11.8. The molecule has 0 aliphatic rings. The molecule has 0 aromatic heterocycles. The molecule has 2 amide bonds. The second kappa shape index (κ2) is 8.66. The Morgan fingerprint density at radius 2 is 1.88 bits per heavy atom. The molecule has 0 radical (unpaired) electrons. The van der Waals surface area contributed by atoms with E-state index in [4.69, 9.17) is 32.7 Å². The Morgan fingerprint density at radius 1 is 1.08 bits per heavy atom. The van der Waals surface area contributed by atoms with Crippen LogP contribution in [0.15, 0.2) is 36.4 Å². The van der Waals surface area contributed by atoms with Crippen LogP contribution in [0.4, 0.5) is 10.5 Å². The van der Waals surface area contributed by atoms with Gasteiger partial charge < -0.3 is 20.1 Å². The lowest BCUT2D eigenvalue weighted by Crippen LogP contribution is -2.32. The molecule has 0 fully saturated rings. The molecule has 2 aromatic carbocycles. The predicted molar refractivity (Wildman–Crippen MR) is 96.7 cm³/mol. The van der Waals surface area contributed by atoms with Gasteiger partial charge in [-0.25, -0.2) is 4.79 Å². The number of nitrogens with one attached hydrogen (secondary N) is 2. The number of hydrogen-bond acceptors (Lipinski definition) is 3. The van der Waals surface area contributed by atoms with Gasteiger partial charge in [-0.05, 0) is 42.8 Å². The highest BCUT2D eigenvalue weighted by molar-refractivity contribution is 6.42. The number of urea groups is 1. The van der Waals surface area contributed by atoms with Crippen LogP contribution in [-0.4, -0.2) is 26.3 Å². The van der Waals surface area contributed by atoms with E-state index in [0.29, 0.717) is 40.4 Å². The maximum atomic E-state index is 11.8. The number of carbonyl (C=O) groups excluding carboxylic acids is 1. The Kier molecular flexibility index (Phi) is 6.58. The Balaban J connectivity index is 1.77. The van der Waals surface area contributed by atoms with E-state index >= 15 is 0 Å².